The second-order valence-electron chi connectivity index (χ2n) is 6.80. The largest absolute Gasteiger partial charge is 0.497 e. The summed E-state index contributed by atoms with van der Waals surface area (Å²) in [5.41, 5.74) is 2.72. The van der Waals surface area contributed by atoms with E-state index in [4.69, 9.17) is 14.2 Å². The van der Waals surface area contributed by atoms with Crippen LogP contribution in [0.3, 0.4) is 0 Å². The number of benzene rings is 2. The Balaban J connectivity index is 1.37. The Bertz CT molecular complexity index is 1180. The van der Waals surface area contributed by atoms with Crippen molar-refractivity contribution in [2.45, 2.75) is 6.92 Å². The molecule has 0 aliphatic carbocycles. The number of carbonyl (C=O) groups excluding carboxylic acids is 1. The van der Waals surface area contributed by atoms with Crippen LogP contribution in [0.25, 0.3) is 16.2 Å². The van der Waals surface area contributed by atoms with E-state index in [1.807, 2.05) is 66.1 Å². The van der Waals surface area contributed by atoms with Crippen LogP contribution in [0.15, 0.2) is 54.7 Å². The molecular weight excluding hydrogens is 414 g/mol. The molecule has 0 aliphatic heterocycles. The van der Waals surface area contributed by atoms with Gasteiger partial charge in [-0.3, -0.25) is 9.20 Å². The molecule has 1 amide bonds. The average Bonchev–Trinajstić information content (AvgIpc) is 3.36. The van der Waals surface area contributed by atoms with Gasteiger partial charge in [-0.2, -0.15) is 0 Å². The molecule has 0 unspecified atom stereocenters. The average molecular weight is 438 g/mol. The lowest BCUT2D eigenvalue weighted by Crippen LogP contribution is -2.28. The minimum atomic E-state index is -0.127. The highest BCUT2D eigenvalue weighted by Gasteiger charge is 2.18. The first kappa shape index (κ1) is 20.7. The van der Waals surface area contributed by atoms with Gasteiger partial charge in [0.15, 0.2) is 4.96 Å². The van der Waals surface area contributed by atoms with E-state index < -0.39 is 0 Å². The number of hydrogen-bond acceptors (Lipinski definition) is 6. The number of fused-ring (bicyclic) bond motifs is 1. The number of amides is 1. The number of hydrogen-bond donors (Lipinski definition) is 1. The van der Waals surface area contributed by atoms with Crippen LogP contribution in [0.1, 0.15) is 15.4 Å². The Morgan fingerprint density at radius 2 is 1.61 bits per heavy atom. The summed E-state index contributed by atoms with van der Waals surface area (Å²) in [6.07, 6.45) is 1.95. The highest BCUT2D eigenvalue weighted by molar-refractivity contribution is 7.19. The Hall–Kier alpha value is -3.52. The molecule has 31 heavy (non-hydrogen) atoms. The maximum absolute atomic E-state index is 12.6. The Morgan fingerprint density at radius 3 is 2.23 bits per heavy atom. The number of nitrogens with zero attached hydrogens (tertiary/aromatic N) is 2. The standard InChI is InChI=1S/C23H23N3O4S/c1-15-21(22(27)24-12-13-30-19-10-8-18(29-3)9-11-19)31-23-25-20(14-26(15)23)16-4-6-17(28-2)7-5-16/h4-11,14H,12-13H2,1-3H3,(H,24,27). The molecule has 4 aromatic rings. The summed E-state index contributed by atoms with van der Waals surface area (Å²) < 4.78 is 17.9. The topological polar surface area (TPSA) is 74.1 Å². The van der Waals surface area contributed by atoms with Crippen LogP contribution in [0, 0.1) is 6.92 Å². The third kappa shape index (κ3) is 4.49. The van der Waals surface area contributed by atoms with Crippen molar-refractivity contribution < 1.29 is 19.0 Å². The lowest BCUT2D eigenvalue weighted by Gasteiger charge is -2.08. The highest BCUT2D eigenvalue weighted by atomic mass is 32.1. The van der Waals surface area contributed by atoms with Crippen LogP contribution in [-0.4, -0.2) is 42.7 Å². The first-order valence-electron chi connectivity index (χ1n) is 9.77. The van der Waals surface area contributed by atoms with E-state index in [0.717, 1.165) is 39.2 Å². The van der Waals surface area contributed by atoms with Crippen molar-refractivity contribution >= 4 is 22.2 Å². The van der Waals surface area contributed by atoms with E-state index in [1.54, 1.807) is 14.2 Å². The van der Waals surface area contributed by atoms with Crippen molar-refractivity contribution in [3.63, 3.8) is 0 Å². The Kier molecular flexibility index (Phi) is 6.08. The van der Waals surface area contributed by atoms with Gasteiger partial charge in [0, 0.05) is 17.5 Å². The van der Waals surface area contributed by atoms with Crippen LogP contribution in [0.2, 0.25) is 0 Å². The van der Waals surface area contributed by atoms with Crippen LogP contribution < -0.4 is 19.5 Å². The molecule has 160 valence electrons. The summed E-state index contributed by atoms with van der Waals surface area (Å²) >= 11 is 1.37. The zero-order valence-corrected chi connectivity index (χ0v) is 18.4. The van der Waals surface area contributed by atoms with E-state index in [0.29, 0.717) is 18.0 Å². The monoisotopic (exact) mass is 437 g/mol. The normalized spacial score (nSPS) is 10.8. The smallest absolute Gasteiger partial charge is 0.263 e. The lowest BCUT2D eigenvalue weighted by atomic mass is 10.2. The summed E-state index contributed by atoms with van der Waals surface area (Å²) in [7, 11) is 3.26. The van der Waals surface area contributed by atoms with Crippen LogP contribution in [-0.2, 0) is 0 Å². The van der Waals surface area contributed by atoms with Crippen molar-refractivity contribution in [1.82, 2.24) is 14.7 Å². The lowest BCUT2D eigenvalue weighted by molar-refractivity contribution is 0.0950. The summed E-state index contributed by atoms with van der Waals surface area (Å²) in [6, 6.07) is 15.1. The molecule has 0 atom stereocenters. The summed E-state index contributed by atoms with van der Waals surface area (Å²) in [4.78, 5) is 18.7. The maximum Gasteiger partial charge on any atom is 0.263 e. The Morgan fingerprint density at radius 1 is 1.00 bits per heavy atom. The van der Waals surface area contributed by atoms with Gasteiger partial charge in [0.25, 0.3) is 5.91 Å². The minimum absolute atomic E-state index is 0.127. The van der Waals surface area contributed by atoms with E-state index in [2.05, 4.69) is 10.3 Å². The predicted molar refractivity (Wildman–Crippen MR) is 121 cm³/mol. The van der Waals surface area contributed by atoms with Crippen LogP contribution in [0.5, 0.6) is 17.2 Å². The number of nitrogens with one attached hydrogen (secondary N) is 1. The summed E-state index contributed by atoms with van der Waals surface area (Å²) in [6.45, 7) is 2.70. The maximum atomic E-state index is 12.6. The molecule has 7 nitrogen and oxygen atoms in total. The van der Waals surface area contributed by atoms with Crippen molar-refractivity contribution in [2.24, 2.45) is 0 Å². The molecule has 8 heteroatoms. The molecule has 1 N–H and O–H groups in total. The number of aromatic nitrogens is 2. The number of imidazole rings is 1. The predicted octanol–water partition coefficient (Wildman–Crippen LogP) is 4.20. The van der Waals surface area contributed by atoms with Gasteiger partial charge >= 0.3 is 0 Å². The van der Waals surface area contributed by atoms with Crippen LogP contribution in [0.4, 0.5) is 0 Å². The van der Waals surface area contributed by atoms with E-state index in [9.17, 15) is 4.79 Å². The molecule has 0 aliphatic rings. The molecule has 4 rings (SSSR count). The highest BCUT2D eigenvalue weighted by Crippen LogP contribution is 2.28. The summed E-state index contributed by atoms with van der Waals surface area (Å²) in [5.74, 6) is 2.18. The first-order chi connectivity index (χ1) is 15.1. The molecule has 0 spiro atoms. The fraction of sp³-hybridized carbons (Fsp3) is 0.217. The zero-order valence-electron chi connectivity index (χ0n) is 17.5. The number of carbonyl (C=O) groups is 1. The molecule has 0 saturated heterocycles. The second kappa shape index (κ2) is 9.09. The zero-order chi connectivity index (χ0) is 21.8. The molecule has 2 aromatic carbocycles. The first-order valence-corrected chi connectivity index (χ1v) is 10.6. The fourth-order valence-corrected chi connectivity index (χ4v) is 4.17. The number of thiazole rings is 1. The molecular formula is C23H23N3O4S. The van der Waals surface area contributed by atoms with Gasteiger partial charge in [0.2, 0.25) is 0 Å². The third-order valence-electron chi connectivity index (χ3n) is 4.86. The second-order valence-corrected chi connectivity index (χ2v) is 7.78. The fourth-order valence-electron chi connectivity index (χ4n) is 3.15. The van der Waals surface area contributed by atoms with Crippen molar-refractivity contribution in [1.29, 1.82) is 0 Å². The summed E-state index contributed by atoms with van der Waals surface area (Å²) in [5, 5.41) is 2.91. The van der Waals surface area contributed by atoms with Gasteiger partial charge in [0.1, 0.15) is 28.7 Å². The van der Waals surface area contributed by atoms with Gasteiger partial charge in [-0.15, -0.1) is 0 Å². The number of rotatable bonds is 8. The van der Waals surface area contributed by atoms with Gasteiger partial charge in [-0.05, 0) is 55.5 Å². The van der Waals surface area contributed by atoms with E-state index in [1.165, 1.54) is 11.3 Å². The SMILES string of the molecule is COc1ccc(OCCNC(=O)c2sc3nc(-c4ccc(OC)cc4)cn3c2C)cc1. The van der Waals surface area contributed by atoms with Gasteiger partial charge in [-0.1, -0.05) is 11.3 Å². The van der Waals surface area contributed by atoms with Gasteiger partial charge in [0.05, 0.1) is 26.5 Å². The van der Waals surface area contributed by atoms with Crippen molar-refractivity contribution in [3.8, 4) is 28.5 Å². The minimum Gasteiger partial charge on any atom is -0.497 e. The Labute approximate surface area is 184 Å². The quantitative estimate of drug-likeness (QED) is 0.418. The van der Waals surface area contributed by atoms with Gasteiger partial charge < -0.3 is 19.5 Å². The molecule has 0 bridgehead atoms. The van der Waals surface area contributed by atoms with Gasteiger partial charge in [-0.25, -0.2) is 4.98 Å². The van der Waals surface area contributed by atoms with Crippen molar-refractivity contribution in [2.75, 3.05) is 27.4 Å². The van der Waals surface area contributed by atoms with E-state index in [-0.39, 0.29) is 5.91 Å². The van der Waals surface area contributed by atoms with Crippen molar-refractivity contribution in [3.05, 3.63) is 65.3 Å². The molecule has 0 saturated carbocycles. The van der Waals surface area contributed by atoms with E-state index >= 15 is 0 Å². The number of methoxy groups -OCH3 is 2. The number of aryl methyl sites for hydroxylation is 1. The third-order valence-corrected chi connectivity index (χ3v) is 6.02. The van der Waals surface area contributed by atoms with Crippen LogP contribution >= 0.6 is 11.3 Å². The number of ether oxygens (including phenoxy) is 3. The molecule has 0 radical (unpaired) electrons. The molecule has 2 heterocycles. The molecule has 2 aromatic heterocycles. The molecule has 0 fully saturated rings.